The molecule has 1 aromatic carbocycles. The van der Waals surface area contributed by atoms with Gasteiger partial charge in [-0.15, -0.1) is 0 Å². The molecule has 23 heavy (non-hydrogen) atoms. The molecule has 1 aromatic rings. The van der Waals surface area contributed by atoms with Crippen LogP contribution >= 0.6 is 0 Å². The smallest absolute Gasteiger partial charge is 0.223 e. The summed E-state index contributed by atoms with van der Waals surface area (Å²) in [6.45, 7) is 1.26. The topological polar surface area (TPSA) is 67.8 Å². The Bertz CT molecular complexity index is 552. The zero-order chi connectivity index (χ0) is 16.2. The molecule has 3 rings (SSSR count). The summed E-state index contributed by atoms with van der Waals surface area (Å²) in [5.41, 5.74) is 1.16. The van der Waals surface area contributed by atoms with Crippen molar-refractivity contribution in [3.63, 3.8) is 0 Å². The van der Waals surface area contributed by atoms with Gasteiger partial charge in [0.15, 0.2) is 0 Å². The second-order valence-corrected chi connectivity index (χ2v) is 6.61. The Kier molecular flexibility index (Phi) is 5.06. The van der Waals surface area contributed by atoms with Crippen LogP contribution in [0.25, 0.3) is 0 Å². The third kappa shape index (κ3) is 3.96. The average molecular weight is 319 g/mol. The Balaban J connectivity index is 1.49. The Labute approximate surface area is 137 Å². The number of ether oxygens (including phenoxy) is 2. The number of hydrogen-bond donors (Lipinski definition) is 2. The minimum Gasteiger partial charge on any atom is -0.497 e. The van der Waals surface area contributed by atoms with Crippen molar-refractivity contribution in [3.8, 4) is 11.5 Å². The van der Waals surface area contributed by atoms with Crippen molar-refractivity contribution in [1.29, 1.82) is 0 Å². The zero-order valence-corrected chi connectivity index (χ0v) is 13.6. The standard InChI is InChI=1S/C18H25NO4/c1-22-16-7-4-14-8-12(11-23-17(14)9-16)10-19-18(21)13-2-5-15(20)6-3-13/h4,7,9,12-13,15,20H,2-3,5-6,8,10-11H2,1H3,(H,19,21)/t12-,13?,15?/m1/s1. The summed E-state index contributed by atoms with van der Waals surface area (Å²) in [4.78, 5) is 12.2. The summed E-state index contributed by atoms with van der Waals surface area (Å²) in [5, 5.41) is 12.6. The van der Waals surface area contributed by atoms with E-state index in [1.807, 2.05) is 18.2 Å². The largest absolute Gasteiger partial charge is 0.497 e. The molecule has 1 heterocycles. The molecule has 126 valence electrons. The number of carbonyl (C=O) groups excluding carboxylic acids is 1. The van der Waals surface area contributed by atoms with Crippen LogP contribution in [0.4, 0.5) is 0 Å². The maximum Gasteiger partial charge on any atom is 0.223 e. The number of nitrogens with one attached hydrogen (secondary N) is 1. The first kappa shape index (κ1) is 16.1. The van der Waals surface area contributed by atoms with Gasteiger partial charge in [0.1, 0.15) is 11.5 Å². The first-order valence-corrected chi connectivity index (χ1v) is 8.41. The summed E-state index contributed by atoms with van der Waals surface area (Å²) < 4.78 is 11.0. The minimum absolute atomic E-state index is 0.0551. The van der Waals surface area contributed by atoms with E-state index in [2.05, 4.69) is 5.32 Å². The number of aliphatic hydroxyl groups excluding tert-OH is 1. The van der Waals surface area contributed by atoms with Crippen molar-refractivity contribution in [3.05, 3.63) is 23.8 Å². The van der Waals surface area contributed by atoms with Gasteiger partial charge in [0.25, 0.3) is 0 Å². The number of methoxy groups -OCH3 is 1. The molecule has 5 nitrogen and oxygen atoms in total. The molecule has 1 amide bonds. The second kappa shape index (κ2) is 7.21. The lowest BCUT2D eigenvalue weighted by Crippen LogP contribution is -2.39. The second-order valence-electron chi connectivity index (χ2n) is 6.61. The van der Waals surface area contributed by atoms with E-state index in [0.29, 0.717) is 19.1 Å². The molecule has 1 saturated carbocycles. The van der Waals surface area contributed by atoms with Crippen LogP contribution in [-0.2, 0) is 11.2 Å². The monoisotopic (exact) mass is 319 g/mol. The Morgan fingerprint density at radius 1 is 1.35 bits per heavy atom. The molecule has 1 aliphatic heterocycles. The lowest BCUT2D eigenvalue weighted by Gasteiger charge is -2.28. The molecular formula is C18H25NO4. The zero-order valence-electron chi connectivity index (χ0n) is 13.6. The van der Waals surface area contributed by atoms with E-state index in [9.17, 15) is 9.90 Å². The average Bonchev–Trinajstić information content (AvgIpc) is 2.59. The number of amides is 1. The van der Waals surface area contributed by atoms with Crippen LogP contribution in [0.3, 0.4) is 0 Å². The van der Waals surface area contributed by atoms with Crippen molar-refractivity contribution < 1.29 is 19.4 Å². The van der Waals surface area contributed by atoms with Crippen LogP contribution in [0.5, 0.6) is 11.5 Å². The highest BCUT2D eigenvalue weighted by Gasteiger charge is 2.26. The maximum absolute atomic E-state index is 12.2. The minimum atomic E-state index is -0.223. The lowest BCUT2D eigenvalue weighted by molar-refractivity contribution is -0.126. The maximum atomic E-state index is 12.2. The van der Waals surface area contributed by atoms with Crippen molar-refractivity contribution in [2.75, 3.05) is 20.3 Å². The summed E-state index contributed by atoms with van der Waals surface area (Å²) in [5.74, 6) is 2.16. The SMILES string of the molecule is COc1ccc2c(c1)OC[C@@H](CNC(=O)C1CCC(O)CC1)C2. The van der Waals surface area contributed by atoms with Crippen LogP contribution in [0.1, 0.15) is 31.2 Å². The fourth-order valence-electron chi connectivity index (χ4n) is 3.40. The summed E-state index contributed by atoms with van der Waals surface area (Å²) in [7, 11) is 1.65. The molecule has 1 atom stereocenters. The van der Waals surface area contributed by atoms with Crippen LogP contribution in [-0.4, -0.2) is 37.4 Å². The van der Waals surface area contributed by atoms with Gasteiger partial charge >= 0.3 is 0 Å². The van der Waals surface area contributed by atoms with E-state index < -0.39 is 0 Å². The molecule has 5 heteroatoms. The highest BCUT2D eigenvalue weighted by molar-refractivity contribution is 5.78. The summed E-state index contributed by atoms with van der Waals surface area (Å²) in [6.07, 6.45) is 3.73. The first-order valence-electron chi connectivity index (χ1n) is 8.41. The predicted molar refractivity (Wildman–Crippen MR) is 86.7 cm³/mol. The van der Waals surface area contributed by atoms with Crippen LogP contribution in [0.2, 0.25) is 0 Å². The van der Waals surface area contributed by atoms with Gasteiger partial charge in [-0.25, -0.2) is 0 Å². The molecule has 0 saturated heterocycles. The normalized spacial score (nSPS) is 26.8. The molecule has 1 fully saturated rings. The van der Waals surface area contributed by atoms with Gasteiger partial charge in [-0.2, -0.15) is 0 Å². The summed E-state index contributed by atoms with van der Waals surface area (Å²) >= 11 is 0. The van der Waals surface area contributed by atoms with Crippen molar-refractivity contribution in [2.24, 2.45) is 11.8 Å². The number of aliphatic hydroxyl groups is 1. The van der Waals surface area contributed by atoms with Gasteiger partial charge in [-0.1, -0.05) is 6.07 Å². The molecule has 0 spiro atoms. The van der Waals surface area contributed by atoms with Crippen molar-refractivity contribution in [1.82, 2.24) is 5.32 Å². The first-order chi connectivity index (χ1) is 11.2. The molecule has 1 aliphatic carbocycles. The third-order valence-electron chi connectivity index (χ3n) is 4.89. The number of benzene rings is 1. The molecule has 0 bridgehead atoms. The number of rotatable bonds is 4. The fourth-order valence-corrected chi connectivity index (χ4v) is 3.40. The number of fused-ring (bicyclic) bond motifs is 1. The number of hydrogen-bond acceptors (Lipinski definition) is 4. The van der Waals surface area contributed by atoms with Crippen LogP contribution < -0.4 is 14.8 Å². The molecule has 2 aliphatic rings. The number of carbonyl (C=O) groups is 1. The lowest BCUT2D eigenvalue weighted by atomic mass is 9.86. The van der Waals surface area contributed by atoms with Gasteiger partial charge in [0.05, 0.1) is 19.8 Å². The molecular weight excluding hydrogens is 294 g/mol. The van der Waals surface area contributed by atoms with E-state index in [1.54, 1.807) is 7.11 Å². The third-order valence-corrected chi connectivity index (χ3v) is 4.89. The van der Waals surface area contributed by atoms with Gasteiger partial charge in [0, 0.05) is 24.4 Å². The van der Waals surface area contributed by atoms with Crippen LogP contribution in [0, 0.1) is 11.8 Å². The van der Waals surface area contributed by atoms with Gasteiger partial charge < -0.3 is 19.9 Å². The molecule has 0 aromatic heterocycles. The van der Waals surface area contributed by atoms with E-state index in [0.717, 1.165) is 49.2 Å². The quantitative estimate of drug-likeness (QED) is 0.890. The van der Waals surface area contributed by atoms with Crippen molar-refractivity contribution >= 4 is 5.91 Å². The van der Waals surface area contributed by atoms with E-state index in [1.165, 1.54) is 0 Å². The Hall–Kier alpha value is -1.75. The highest BCUT2D eigenvalue weighted by Crippen LogP contribution is 2.31. The molecule has 0 unspecified atom stereocenters. The highest BCUT2D eigenvalue weighted by atomic mass is 16.5. The molecule has 2 N–H and O–H groups in total. The van der Waals surface area contributed by atoms with Gasteiger partial charge in [-0.05, 0) is 43.7 Å². The summed E-state index contributed by atoms with van der Waals surface area (Å²) in [6, 6.07) is 5.89. The van der Waals surface area contributed by atoms with Crippen molar-refractivity contribution in [2.45, 2.75) is 38.2 Å². The fraction of sp³-hybridized carbons (Fsp3) is 0.611. The Morgan fingerprint density at radius 2 is 2.13 bits per heavy atom. The van der Waals surface area contributed by atoms with Gasteiger partial charge in [0.2, 0.25) is 5.91 Å². The predicted octanol–water partition coefficient (Wildman–Crippen LogP) is 1.91. The molecule has 0 radical (unpaired) electrons. The Morgan fingerprint density at radius 3 is 2.87 bits per heavy atom. The van der Waals surface area contributed by atoms with E-state index >= 15 is 0 Å². The van der Waals surface area contributed by atoms with E-state index in [4.69, 9.17) is 9.47 Å². The van der Waals surface area contributed by atoms with E-state index in [-0.39, 0.29) is 17.9 Å². The van der Waals surface area contributed by atoms with Gasteiger partial charge in [-0.3, -0.25) is 4.79 Å². The van der Waals surface area contributed by atoms with Crippen LogP contribution in [0.15, 0.2) is 18.2 Å².